The Balaban J connectivity index is 2.07. The molecule has 0 spiro atoms. The van der Waals surface area contributed by atoms with Gasteiger partial charge in [0, 0.05) is 6.04 Å². The molecular weight excluding hydrogens is 256 g/mol. The Morgan fingerprint density at radius 2 is 2.10 bits per heavy atom. The molecule has 0 radical (unpaired) electrons. The number of carbonyl (C=O) groups is 2. The number of aryl methyl sites for hydroxylation is 1. The van der Waals surface area contributed by atoms with Crippen molar-refractivity contribution in [2.24, 2.45) is 0 Å². The molecule has 0 saturated carbocycles. The van der Waals surface area contributed by atoms with Crippen LogP contribution in [0.15, 0.2) is 30.4 Å². The smallest absolute Gasteiger partial charge is 0.337 e. The van der Waals surface area contributed by atoms with Crippen molar-refractivity contribution in [1.29, 1.82) is 0 Å². The van der Waals surface area contributed by atoms with Crippen LogP contribution in [-0.4, -0.2) is 23.1 Å². The van der Waals surface area contributed by atoms with Crippen molar-refractivity contribution >= 4 is 17.7 Å². The van der Waals surface area contributed by atoms with Gasteiger partial charge in [-0.25, -0.2) is 9.59 Å². The van der Waals surface area contributed by atoms with E-state index in [1.165, 1.54) is 6.07 Å². The summed E-state index contributed by atoms with van der Waals surface area (Å²) < 4.78 is 0. The highest BCUT2D eigenvalue weighted by Crippen LogP contribution is 2.20. The van der Waals surface area contributed by atoms with E-state index >= 15 is 0 Å². The number of nitrogens with one attached hydrogen (secondary N) is 2. The third-order valence-electron chi connectivity index (χ3n) is 3.35. The van der Waals surface area contributed by atoms with Gasteiger partial charge in [0.25, 0.3) is 0 Å². The van der Waals surface area contributed by atoms with Gasteiger partial charge in [-0.2, -0.15) is 0 Å². The summed E-state index contributed by atoms with van der Waals surface area (Å²) in [6.07, 6.45) is 6.82. The average Bonchev–Trinajstić information content (AvgIpc) is 2.42. The number of urea groups is 1. The molecule has 5 heteroatoms. The number of benzene rings is 1. The Morgan fingerprint density at radius 1 is 1.30 bits per heavy atom. The molecule has 2 amide bonds. The number of carbonyl (C=O) groups excluding carboxylic acids is 1. The number of amides is 2. The molecule has 20 heavy (non-hydrogen) atoms. The molecule has 1 aliphatic rings. The summed E-state index contributed by atoms with van der Waals surface area (Å²) >= 11 is 0. The lowest BCUT2D eigenvalue weighted by atomic mass is 10.0. The second-order valence-electron chi connectivity index (χ2n) is 4.88. The van der Waals surface area contributed by atoms with Crippen LogP contribution in [0.1, 0.15) is 35.2 Å². The van der Waals surface area contributed by atoms with Crippen LogP contribution in [0.5, 0.6) is 0 Å². The van der Waals surface area contributed by atoms with Crippen molar-refractivity contribution in [2.45, 2.75) is 32.2 Å². The Kier molecular flexibility index (Phi) is 4.40. The van der Waals surface area contributed by atoms with Gasteiger partial charge in [-0.1, -0.05) is 24.3 Å². The van der Waals surface area contributed by atoms with Gasteiger partial charge in [0.1, 0.15) is 0 Å². The number of rotatable bonds is 3. The minimum atomic E-state index is -1.05. The fourth-order valence-corrected chi connectivity index (χ4v) is 2.27. The molecule has 5 nitrogen and oxygen atoms in total. The normalized spacial score (nSPS) is 17.6. The van der Waals surface area contributed by atoms with Gasteiger partial charge in [0.2, 0.25) is 0 Å². The number of hydrogen-bond acceptors (Lipinski definition) is 2. The van der Waals surface area contributed by atoms with Crippen molar-refractivity contribution in [2.75, 3.05) is 5.32 Å². The first-order valence-electron chi connectivity index (χ1n) is 6.63. The molecule has 0 bridgehead atoms. The Hall–Kier alpha value is -2.30. The number of carboxylic acids is 1. The molecule has 0 aromatic heterocycles. The average molecular weight is 274 g/mol. The van der Waals surface area contributed by atoms with E-state index in [-0.39, 0.29) is 17.6 Å². The summed E-state index contributed by atoms with van der Waals surface area (Å²) in [7, 11) is 0. The minimum absolute atomic E-state index is 0.101. The lowest BCUT2D eigenvalue weighted by molar-refractivity contribution is 0.0698. The third-order valence-corrected chi connectivity index (χ3v) is 3.35. The number of aromatic carboxylic acids is 1. The fraction of sp³-hybridized carbons (Fsp3) is 0.333. The molecule has 106 valence electrons. The lowest BCUT2D eigenvalue weighted by Gasteiger charge is -2.20. The highest BCUT2D eigenvalue weighted by molar-refractivity contribution is 6.01. The zero-order valence-electron chi connectivity index (χ0n) is 11.3. The number of hydrogen-bond donors (Lipinski definition) is 3. The van der Waals surface area contributed by atoms with E-state index < -0.39 is 5.97 Å². The van der Waals surface area contributed by atoms with Crippen molar-refractivity contribution in [1.82, 2.24) is 5.32 Å². The van der Waals surface area contributed by atoms with Gasteiger partial charge in [-0.3, -0.25) is 0 Å². The fourth-order valence-electron chi connectivity index (χ4n) is 2.27. The van der Waals surface area contributed by atoms with Gasteiger partial charge < -0.3 is 15.7 Å². The van der Waals surface area contributed by atoms with Gasteiger partial charge in [0.05, 0.1) is 11.3 Å². The van der Waals surface area contributed by atoms with E-state index in [0.717, 1.165) is 24.8 Å². The quantitative estimate of drug-likeness (QED) is 0.741. The summed E-state index contributed by atoms with van der Waals surface area (Å²) in [4.78, 5) is 23.1. The van der Waals surface area contributed by atoms with E-state index in [9.17, 15) is 9.59 Å². The molecule has 1 aromatic carbocycles. The second kappa shape index (κ2) is 6.23. The van der Waals surface area contributed by atoms with Crippen LogP contribution in [0.2, 0.25) is 0 Å². The predicted octanol–water partition coefficient (Wildman–Crippen LogP) is 2.92. The topological polar surface area (TPSA) is 78.4 Å². The van der Waals surface area contributed by atoms with Crippen LogP contribution in [0.25, 0.3) is 0 Å². The first-order valence-corrected chi connectivity index (χ1v) is 6.63. The molecule has 1 atom stereocenters. The van der Waals surface area contributed by atoms with Gasteiger partial charge in [-0.15, -0.1) is 0 Å². The van der Waals surface area contributed by atoms with E-state index in [4.69, 9.17) is 5.11 Å². The van der Waals surface area contributed by atoms with Crippen LogP contribution in [0.3, 0.4) is 0 Å². The summed E-state index contributed by atoms with van der Waals surface area (Å²) in [5.74, 6) is -1.05. The van der Waals surface area contributed by atoms with E-state index in [1.807, 2.05) is 6.08 Å². The van der Waals surface area contributed by atoms with Crippen LogP contribution in [-0.2, 0) is 0 Å². The van der Waals surface area contributed by atoms with Crippen LogP contribution in [0.4, 0.5) is 10.5 Å². The highest BCUT2D eigenvalue weighted by atomic mass is 16.4. The maximum Gasteiger partial charge on any atom is 0.337 e. The predicted molar refractivity (Wildman–Crippen MR) is 77.1 cm³/mol. The standard InChI is InChI=1S/C15H18N2O3/c1-10-6-5-9-12(14(18)19)13(10)17-15(20)16-11-7-3-2-4-8-11/h2-3,5-6,9,11H,4,7-8H2,1H3,(H,18,19)(H2,16,17,20). The van der Waals surface area contributed by atoms with Gasteiger partial charge >= 0.3 is 12.0 Å². The molecule has 0 aliphatic heterocycles. The third kappa shape index (κ3) is 3.38. The van der Waals surface area contributed by atoms with Crippen LogP contribution < -0.4 is 10.6 Å². The maximum atomic E-state index is 12.0. The molecular formula is C15H18N2O3. The summed E-state index contributed by atoms with van der Waals surface area (Å²) in [6.45, 7) is 1.77. The van der Waals surface area contributed by atoms with E-state index in [2.05, 4.69) is 16.7 Å². The van der Waals surface area contributed by atoms with E-state index in [0.29, 0.717) is 5.69 Å². The number of allylic oxidation sites excluding steroid dienone is 1. The number of carboxylic acid groups (broad SMARTS) is 1. The van der Waals surface area contributed by atoms with Crippen LogP contribution >= 0.6 is 0 Å². The molecule has 2 rings (SSSR count). The summed E-state index contributed by atoms with van der Waals surface area (Å²) in [6, 6.07) is 4.66. The first kappa shape index (κ1) is 14.1. The first-order chi connectivity index (χ1) is 9.58. The van der Waals surface area contributed by atoms with Gasteiger partial charge in [0.15, 0.2) is 0 Å². The lowest BCUT2D eigenvalue weighted by Crippen LogP contribution is -2.38. The monoisotopic (exact) mass is 274 g/mol. The van der Waals surface area contributed by atoms with Crippen molar-refractivity contribution in [3.63, 3.8) is 0 Å². The van der Waals surface area contributed by atoms with Gasteiger partial charge in [-0.05, 0) is 37.8 Å². The molecule has 1 aromatic rings. The van der Waals surface area contributed by atoms with E-state index in [1.54, 1.807) is 19.1 Å². The largest absolute Gasteiger partial charge is 0.478 e. The Labute approximate surface area is 117 Å². The zero-order valence-corrected chi connectivity index (χ0v) is 11.3. The molecule has 0 saturated heterocycles. The van der Waals surface area contributed by atoms with Crippen molar-refractivity contribution in [3.05, 3.63) is 41.5 Å². The highest BCUT2D eigenvalue weighted by Gasteiger charge is 2.17. The summed E-state index contributed by atoms with van der Waals surface area (Å²) in [5, 5.41) is 14.7. The minimum Gasteiger partial charge on any atom is -0.478 e. The molecule has 0 heterocycles. The SMILES string of the molecule is Cc1cccc(C(=O)O)c1NC(=O)NC1CC=CCC1. The number of anilines is 1. The Bertz CT molecular complexity index is 552. The molecule has 0 fully saturated rings. The number of para-hydroxylation sites is 1. The van der Waals surface area contributed by atoms with Crippen molar-refractivity contribution < 1.29 is 14.7 Å². The molecule has 1 aliphatic carbocycles. The molecule has 3 N–H and O–H groups in total. The molecule has 1 unspecified atom stereocenters. The van der Waals surface area contributed by atoms with Crippen LogP contribution in [0, 0.1) is 6.92 Å². The maximum absolute atomic E-state index is 12.0. The second-order valence-corrected chi connectivity index (χ2v) is 4.88. The summed E-state index contributed by atoms with van der Waals surface area (Å²) in [5.41, 5.74) is 1.18. The van der Waals surface area contributed by atoms with Crippen molar-refractivity contribution in [3.8, 4) is 0 Å². The Morgan fingerprint density at radius 3 is 2.75 bits per heavy atom. The zero-order chi connectivity index (χ0) is 14.5.